The van der Waals surface area contributed by atoms with Crippen LogP contribution in [-0.2, 0) is 4.74 Å². The zero-order valence-electron chi connectivity index (χ0n) is 10.0. The van der Waals surface area contributed by atoms with Crippen molar-refractivity contribution in [3.05, 3.63) is 0 Å². The van der Waals surface area contributed by atoms with Crippen LogP contribution in [0.1, 0.15) is 54.4 Å². The molecule has 0 unspecified atom stereocenters. The van der Waals surface area contributed by atoms with Crippen molar-refractivity contribution in [3.63, 3.8) is 0 Å². The largest absolute Gasteiger partial charge is 0.374 e. The predicted molar refractivity (Wildman–Crippen MR) is 56.8 cm³/mol. The van der Waals surface area contributed by atoms with E-state index in [4.69, 9.17) is 4.74 Å². The maximum absolute atomic E-state index is 6.07. The third-order valence-electron chi connectivity index (χ3n) is 3.44. The Hall–Kier alpha value is -0.0400. The summed E-state index contributed by atoms with van der Waals surface area (Å²) in [7, 11) is 0. The van der Waals surface area contributed by atoms with E-state index in [0.717, 1.165) is 6.61 Å². The van der Waals surface area contributed by atoms with Gasteiger partial charge < -0.3 is 4.74 Å². The van der Waals surface area contributed by atoms with E-state index in [0.29, 0.717) is 0 Å². The fourth-order valence-corrected chi connectivity index (χ4v) is 2.95. The number of rotatable bonds is 0. The minimum atomic E-state index is 0.0694. The van der Waals surface area contributed by atoms with E-state index in [1.807, 2.05) is 0 Å². The van der Waals surface area contributed by atoms with E-state index in [1.165, 1.54) is 12.8 Å². The molecule has 0 aromatic heterocycles. The Labute approximate surface area is 82.9 Å². The van der Waals surface area contributed by atoms with Gasteiger partial charge in [-0.25, -0.2) is 0 Å². The number of ether oxygens (including phenoxy) is 1. The first-order valence-electron chi connectivity index (χ1n) is 5.35. The molecule has 1 nitrogen and oxygen atoms in total. The van der Waals surface area contributed by atoms with Crippen LogP contribution in [0.5, 0.6) is 0 Å². The van der Waals surface area contributed by atoms with Crippen molar-refractivity contribution in [2.75, 3.05) is 6.61 Å². The molecule has 0 saturated carbocycles. The highest BCUT2D eigenvalue weighted by molar-refractivity contribution is 5.03. The number of hydrogen-bond acceptors (Lipinski definition) is 1. The standard InChI is InChI=1S/C12H24O/c1-10(2,3)12(11(4,5)6)8-7-9-13-12/h7-9H2,1-6H3. The summed E-state index contributed by atoms with van der Waals surface area (Å²) >= 11 is 0. The normalized spacial score (nSPS) is 23.5. The molecule has 0 amide bonds. The minimum Gasteiger partial charge on any atom is -0.374 e. The van der Waals surface area contributed by atoms with Crippen LogP contribution in [0.4, 0.5) is 0 Å². The Balaban J connectivity index is 3.02. The third-order valence-corrected chi connectivity index (χ3v) is 3.44. The smallest absolute Gasteiger partial charge is 0.0779 e. The minimum absolute atomic E-state index is 0.0694. The lowest BCUT2D eigenvalue weighted by molar-refractivity contribution is -0.148. The van der Waals surface area contributed by atoms with Crippen molar-refractivity contribution in [2.24, 2.45) is 10.8 Å². The summed E-state index contributed by atoms with van der Waals surface area (Å²) in [4.78, 5) is 0. The topological polar surface area (TPSA) is 9.23 Å². The Morgan fingerprint density at radius 1 is 0.923 bits per heavy atom. The van der Waals surface area contributed by atoms with E-state index in [2.05, 4.69) is 41.5 Å². The van der Waals surface area contributed by atoms with Gasteiger partial charge >= 0.3 is 0 Å². The molecule has 1 fully saturated rings. The zero-order valence-corrected chi connectivity index (χ0v) is 10.0. The third kappa shape index (κ3) is 1.63. The molecule has 0 radical (unpaired) electrons. The molecule has 1 aliphatic rings. The van der Waals surface area contributed by atoms with E-state index < -0.39 is 0 Å². The summed E-state index contributed by atoms with van der Waals surface area (Å²) in [5.41, 5.74) is 0.545. The molecule has 13 heavy (non-hydrogen) atoms. The summed E-state index contributed by atoms with van der Waals surface area (Å²) in [5, 5.41) is 0. The van der Waals surface area contributed by atoms with Crippen LogP contribution in [0.3, 0.4) is 0 Å². The lowest BCUT2D eigenvalue weighted by atomic mass is 9.61. The van der Waals surface area contributed by atoms with Crippen molar-refractivity contribution < 1.29 is 4.74 Å². The van der Waals surface area contributed by atoms with Crippen LogP contribution in [0.2, 0.25) is 0 Å². The van der Waals surface area contributed by atoms with Gasteiger partial charge in [0.2, 0.25) is 0 Å². The molecule has 0 aromatic carbocycles. The highest BCUT2D eigenvalue weighted by atomic mass is 16.5. The fraction of sp³-hybridized carbons (Fsp3) is 1.00. The highest BCUT2D eigenvalue weighted by Crippen LogP contribution is 2.52. The van der Waals surface area contributed by atoms with E-state index in [9.17, 15) is 0 Å². The second kappa shape index (κ2) is 2.98. The second-order valence-electron chi connectivity index (χ2n) is 6.28. The molecule has 0 spiro atoms. The molecule has 0 atom stereocenters. The maximum atomic E-state index is 6.07. The Morgan fingerprint density at radius 2 is 1.38 bits per heavy atom. The van der Waals surface area contributed by atoms with Crippen molar-refractivity contribution in [1.29, 1.82) is 0 Å². The molecule has 1 heteroatoms. The first kappa shape index (κ1) is 11.0. The summed E-state index contributed by atoms with van der Waals surface area (Å²) in [5.74, 6) is 0. The van der Waals surface area contributed by atoms with Gasteiger partial charge in [0, 0.05) is 6.61 Å². The van der Waals surface area contributed by atoms with Gasteiger partial charge in [0.1, 0.15) is 0 Å². The van der Waals surface area contributed by atoms with Crippen molar-refractivity contribution in [3.8, 4) is 0 Å². The molecule has 0 N–H and O–H groups in total. The summed E-state index contributed by atoms with van der Waals surface area (Å²) in [6.07, 6.45) is 2.43. The van der Waals surface area contributed by atoms with Crippen LogP contribution in [0.25, 0.3) is 0 Å². The quantitative estimate of drug-likeness (QED) is 0.558. The Kier molecular flexibility index (Phi) is 2.53. The Bertz CT molecular complexity index is 158. The highest BCUT2D eigenvalue weighted by Gasteiger charge is 2.53. The van der Waals surface area contributed by atoms with Crippen LogP contribution < -0.4 is 0 Å². The molecule has 78 valence electrons. The van der Waals surface area contributed by atoms with Crippen molar-refractivity contribution >= 4 is 0 Å². The van der Waals surface area contributed by atoms with Gasteiger partial charge in [0.25, 0.3) is 0 Å². The fourth-order valence-electron chi connectivity index (χ4n) is 2.95. The molecular formula is C12H24O. The zero-order chi connectivity index (χ0) is 10.3. The van der Waals surface area contributed by atoms with Gasteiger partial charge in [-0.05, 0) is 23.7 Å². The maximum Gasteiger partial charge on any atom is 0.0779 e. The van der Waals surface area contributed by atoms with Crippen LogP contribution in [-0.4, -0.2) is 12.2 Å². The average Bonchev–Trinajstić information content (AvgIpc) is 2.28. The Morgan fingerprint density at radius 3 is 1.54 bits per heavy atom. The van der Waals surface area contributed by atoms with Gasteiger partial charge in [0.05, 0.1) is 5.60 Å². The lowest BCUT2D eigenvalue weighted by Crippen LogP contribution is -2.52. The van der Waals surface area contributed by atoms with Gasteiger partial charge in [-0.2, -0.15) is 0 Å². The average molecular weight is 184 g/mol. The predicted octanol–water partition coefficient (Wildman–Crippen LogP) is 3.63. The SMILES string of the molecule is CC(C)(C)C1(C(C)(C)C)CCCO1. The van der Waals surface area contributed by atoms with Crippen LogP contribution >= 0.6 is 0 Å². The molecule has 1 aliphatic heterocycles. The molecular weight excluding hydrogens is 160 g/mol. The summed E-state index contributed by atoms with van der Waals surface area (Å²) < 4.78 is 6.07. The van der Waals surface area contributed by atoms with Gasteiger partial charge in [0.15, 0.2) is 0 Å². The second-order valence-corrected chi connectivity index (χ2v) is 6.28. The van der Waals surface area contributed by atoms with E-state index >= 15 is 0 Å². The van der Waals surface area contributed by atoms with Gasteiger partial charge in [-0.3, -0.25) is 0 Å². The molecule has 0 aromatic rings. The van der Waals surface area contributed by atoms with Gasteiger partial charge in [-0.1, -0.05) is 41.5 Å². The first-order valence-corrected chi connectivity index (χ1v) is 5.35. The summed E-state index contributed by atoms with van der Waals surface area (Å²) in [6.45, 7) is 14.7. The summed E-state index contributed by atoms with van der Waals surface area (Å²) in [6, 6.07) is 0. The first-order chi connectivity index (χ1) is 5.71. The van der Waals surface area contributed by atoms with Crippen molar-refractivity contribution in [1.82, 2.24) is 0 Å². The monoisotopic (exact) mass is 184 g/mol. The molecule has 1 heterocycles. The molecule has 1 saturated heterocycles. The van der Waals surface area contributed by atoms with E-state index in [-0.39, 0.29) is 16.4 Å². The van der Waals surface area contributed by atoms with Crippen molar-refractivity contribution in [2.45, 2.75) is 60.0 Å². The van der Waals surface area contributed by atoms with Crippen LogP contribution in [0, 0.1) is 10.8 Å². The lowest BCUT2D eigenvalue weighted by Gasteiger charge is -2.50. The molecule has 1 rings (SSSR count). The van der Waals surface area contributed by atoms with E-state index in [1.54, 1.807) is 0 Å². The molecule has 0 aliphatic carbocycles. The van der Waals surface area contributed by atoms with Crippen LogP contribution in [0.15, 0.2) is 0 Å². The van der Waals surface area contributed by atoms with Gasteiger partial charge in [-0.15, -0.1) is 0 Å². The molecule has 0 bridgehead atoms. The number of hydrogen-bond donors (Lipinski definition) is 0.